The van der Waals surface area contributed by atoms with Crippen molar-refractivity contribution in [3.05, 3.63) is 35.9 Å². The first-order chi connectivity index (χ1) is 13.1. The maximum atomic E-state index is 12.8. The highest BCUT2D eigenvalue weighted by atomic mass is 16.4. The number of amides is 3. The van der Waals surface area contributed by atoms with Gasteiger partial charge in [-0.05, 0) is 44.1 Å². The zero-order valence-electron chi connectivity index (χ0n) is 15.5. The lowest BCUT2D eigenvalue weighted by Gasteiger charge is -2.29. The number of hydrogen-bond acceptors (Lipinski definition) is 3. The second-order valence-electron chi connectivity index (χ2n) is 7.20. The van der Waals surface area contributed by atoms with Gasteiger partial charge < -0.3 is 15.3 Å². The van der Waals surface area contributed by atoms with Crippen LogP contribution in [0.3, 0.4) is 0 Å². The predicted octanol–water partition coefficient (Wildman–Crippen LogP) is 1.87. The molecule has 0 radical (unpaired) electrons. The Labute approximate surface area is 159 Å². The summed E-state index contributed by atoms with van der Waals surface area (Å²) in [7, 11) is 0. The molecule has 0 aromatic heterocycles. The van der Waals surface area contributed by atoms with Gasteiger partial charge in [0.1, 0.15) is 12.1 Å². The molecule has 146 valence electrons. The molecule has 7 heteroatoms. The van der Waals surface area contributed by atoms with Crippen molar-refractivity contribution >= 4 is 17.9 Å². The molecule has 0 saturated carbocycles. The lowest BCUT2D eigenvalue weighted by molar-refractivity contribution is -0.141. The highest BCUT2D eigenvalue weighted by Crippen LogP contribution is 2.25. The second-order valence-corrected chi connectivity index (χ2v) is 7.20. The predicted molar refractivity (Wildman–Crippen MR) is 100 cm³/mol. The van der Waals surface area contributed by atoms with Crippen LogP contribution in [0, 0.1) is 0 Å². The van der Waals surface area contributed by atoms with Crippen LogP contribution in [0.4, 0.5) is 4.79 Å². The Bertz CT molecular complexity index is 679. The third-order valence-corrected chi connectivity index (χ3v) is 5.41. The lowest BCUT2D eigenvalue weighted by Crippen LogP contribution is -2.52. The van der Waals surface area contributed by atoms with Crippen molar-refractivity contribution in [1.82, 2.24) is 15.1 Å². The summed E-state index contributed by atoms with van der Waals surface area (Å²) in [5.74, 6) is -0.356. The van der Waals surface area contributed by atoms with E-state index in [1.165, 1.54) is 10.5 Å². The van der Waals surface area contributed by atoms with Gasteiger partial charge in [-0.1, -0.05) is 30.3 Å². The molecular formula is C20H27N3O4. The number of nitrogens with one attached hydrogen (secondary N) is 1. The number of carbonyl (C=O) groups is 3. The number of aryl methyl sites for hydroxylation is 1. The molecule has 2 fully saturated rings. The van der Waals surface area contributed by atoms with Crippen LogP contribution < -0.4 is 5.32 Å². The van der Waals surface area contributed by atoms with Crippen molar-refractivity contribution in [3.63, 3.8) is 0 Å². The number of rotatable bonds is 6. The maximum Gasteiger partial charge on any atom is 0.407 e. The summed E-state index contributed by atoms with van der Waals surface area (Å²) in [5.41, 5.74) is 1.24. The third-order valence-electron chi connectivity index (χ3n) is 5.41. The molecule has 7 nitrogen and oxygen atoms in total. The molecule has 27 heavy (non-hydrogen) atoms. The average Bonchev–Trinajstić information content (AvgIpc) is 3.35. The zero-order valence-corrected chi connectivity index (χ0v) is 15.5. The van der Waals surface area contributed by atoms with E-state index >= 15 is 0 Å². The van der Waals surface area contributed by atoms with Gasteiger partial charge in [0.25, 0.3) is 0 Å². The maximum absolute atomic E-state index is 12.8. The molecular weight excluding hydrogens is 346 g/mol. The fourth-order valence-electron chi connectivity index (χ4n) is 4.01. The highest BCUT2D eigenvalue weighted by Gasteiger charge is 2.41. The Morgan fingerprint density at radius 1 is 1.00 bits per heavy atom. The van der Waals surface area contributed by atoms with Crippen LogP contribution in [0.1, 0.15) is 37.7 Å². The van der Waals surface area contributed by atoms with Crippen molar-refractivity contribution in [2.75, 3.05) is 19.6 Å². The molecule has 3 amide bonds. The summed E-state index contributed by atoms with van der Waals surface area (Å²) >= 11 is 0. The smallest absolute Gasteiger partial charge is 0.407 e. The van der Waals surface area contributed by atoms with Crippen molar-refractivity contribution < 1.29 is 19.5 Å². The first kappa shape index (κ1) is 19.2. The molecule has 0 bridgehead atoms. The first-order valence-electron chi connectivity index (χ1n) is 9.69. The number of carbonyl (C=O) groups excluding carboxylic acids is 2. The fourth-order valence-corrected chi connectivity index (χ4v) is 4.01. The van der Waals surface area contributed by atoms with E-state index < -0.39 is 18.2 Å². The quantitative estimate of drug-likeness (QED) is 0.745. The largest absolute Gasteiger partial charge is 0.465 e. The van der Waals surface area contributed by atoms with Crippen molar-refractivity contribution in [1.29, 1.82) is 0 Å². The van der Waals surface area contributed by atoms with Crippen LogP contribution in [0.2, 0.25) is 0 Å². The topological polar surface area (TPSA) is 90.0 Å². The van der Waals surface area contributed by atoms with E-state index in [0.29, 0.717) is 38.9 Å². The standard InChI is InChI=1S/C20H27N3O4/c24-18(21-12-4-9-15-7-2-1-3-8-15)16-10-5-13-22(16)19(25)17-11-6-14-23(17)20(26)27/h1-3,7-8,16-17H,4-6,9-14H2,(H,21,24)(H,26,27). The van der Waals surface area contributed by atoms with Gasteiger partial charge in [-0.25, -0.2) is 4.79 Å². The van der Waals surface area contributed by atoms with Crippen molar-refractivity contribution in [2.45, 2.75) is 50.6 Å². The van der Waals surface area contributed by atoms with E-state index in [1.54, 1.807) is 4.90 Å². The average molecular weight is 373 g/mol. The molecule has 0 spiro atoms. The molecule has 1 aromatic carbocycles. The third kappa shape index (κ3) is 4.59. The van der Waals surface area contributed by atoms with Gasteiger partial charge in [0.2, 0.25) is 11.8 Å². The molecule has 2 N–H and O–H groups in total. The van der Waals surface area contributed by atoms with Gasteiger partial charge in [0.05, 0.1) is 0 Å². The van der Waals surface area contributed by atoms with E-state index in [-0.39, 0.29) is 11.8 Å². The Balaban J connectivity index is 1.50. The zero-order chi connectivity index (χ0) is 19.2. The summed E-state index contributed by atoms with van der Waals surface area (Å²) in [4.78, 5) is 39.5. The Hall–Kier alpha value is -2.57. The molecule has 0 aliphatic carbocycles. The van der Waals surface area contributed by atoms with Gasteiger partial charge in [0, 0.05) is 19.6 Å². The van der Waals surface area contributed by atoms with Gasteiger partial charge in [-0.3, -0.25) is 14.5 Å². The Morgan fingerprint density at radius 3 is 2.37 bits per heavy atom. The Kier molecular flexibility index (Phi) is 6.32. The minimum atomic E-state index is -1.06. The number of carboxylic acid groups (broad SMARTS) is 1. The van der Waals surface area contributed by atoms with Gasteiger partial charge in [0.15, 0.2) is 0 Å². The molecule has 1 aromatic rings. The minimum Gasteiger partial charge on any atom is -0.465 e. The van der Waals surface area contributed by atoms with E-state index in [4.69, 9.17) is 0 Å². The summed E-state index contributed by atoms with van der Waals surface area (Å²) in [6.07, 6.45) is 3.30. The van der Waals surface area contributed by atoms with Crippen LogP contribution in [-0.4, -0.2) is 64.5 Å². The van der Waals surface area contributed by atoms with E-state index in [0.717, 1.165) is 19.3 Å². The summed E-state index contributed by atoms with van der Waals surface area (Å²) in [6.45, 7) is 1.47. The molecule has 2 heterocycles. The summed E-state index contributed by atoms with van der Waals surface area (Å²) < 4.78 is 0. The Morgan fingerprint density at radius 2 is 1.67 bits per heavy atom. The number of nitrogens with zero attached hydrogens (tertiary/aromatic N) is 2. The number of hydrogen-bond donors (Lipinski definition) is 2. The van der Waals surface area contributed by atoms with Gasteiger partial charge in [-0.15, -0.1) is 0 Å². The second kappa shape index (κ2) is 8.88. The van der Waals surface area contributed by atoms with Gasteiger partial charge in [-0.2, -0.15) is 0 Å². The van der Waals surface area contributed by atoms with Crippen molar-refractivity contribution in [3.8, 4) is 0 Å². The molecule has 2 aliphatic rings. The number of likely N-dealkylation sites (tertiary alicyclic amines) is 2. The van der Waals surface area contributed by atoms with Crippen LogP contribution >= 0.6 is 0 Å². The van der Waals surface area contributed by atoms with E-state index in [9.17, 15) is 19.5 Å². The minimum absolute atomic E-state index is 0.131. The van der Waals surface area contributed by atoms with Gasteiger partial charge >= 0.3 is 6.09 Å². The summed E-state index contributed by atoms with van der Waals surface area (Å²) in [6, 6.07) is 8.98. The van der Waals surface area contributed by atoms with Crippen molar-refractivity contribution in [2.24, 2.45) is 0 Å². The molecule has 2 atom stereocenters. The monoisotopic (exact) mass is 373 g/mol. The fraction of sp³-hybridized carbons (Fsp3) is 0.550. The molecule has 2 aliphatic heterocycles. The lowest BCUT2D eigenvalue weighted by atomic mass is 10.1. The normalized spacial score (nSPS) is 22.1. The van der Waals surface area contributed by atoms with Crippen LogP contribution in [0.15, 0.2) is 30.3 Å². The van der Waals surface area contributed by atoms with Crippen LogP contribution in [0.25, 0.3) is 0 Å². The highest BCUT2D eigenvalue weighted by molar-refractivity contribution is 5.92. The molecule has 2 unspecified atom stereocenters. The van der Waals surface area contributed by atoms with E-state index in [2.05, 4.69) is 17.4 Å². The SMILES string of the molecule is O=C(NCCCc1ccccc1)C1CCCN1C(=O)C1CCCN1C(=O)O. The molecule has 2 saturated heterocycles. The van der Waals surface area contributed by atoms with E-state index in [1.807, 2.05) is 18.2 Å². The first-order valence-corrected chi connectivity index (χ1v) is 9.69. The molecule has 3 rings (SSSR count). The van der Waals surface area contributed by atoms with Crippen LogP contribution in [-0.2, 0) is 16.0 Å². The summed E-state index contributed by atoms with van der Waals surface area (Å²) in [5, 5.41) is 12.2. The van der Waals surface area contributed by atoms with Crippen LogP contribution in [0.5, 0.6) is 0 Å². The number of benzene rings is 1.